The number of carbonyl (C=O) groups excluding carboxylic acids is 3. The van der Waals surface area contributed by atoms with E-state index in [4.69, 9.17) is 0 Å². The second-order valence-electron chi connectivity index (χ2n) is 9.19. The van der Waals surface area contributed by atoms with Crippen LogP contribution in [0, 0.1) is 11.8 Å². The molecule has 1 spiro atoms. The van der Waals surface area contributed by atoms with Gasteiger partial charge in [0.15, 0.2) is 0 Å². The van der Waals surface area contributed by atoms with E-state index in [2.05, 4.69) is 31.0 Å². The summed E-state index contributed by atoms with van der Waals surface area (Å²) in [4.78, 5) is 44.0. The molecule has 0 aromatic rings. The Morgan fingerprint density at radius 3 is 2.22 bits per heavy atom. The number of imide groups is 1. The molecular weight excluding hydrogens is 344 g/mol. The van der Waals surface area contributed by atoms with Crippen LogP contribution in [0.3, 0.4) is 0 Å². The molecule has 27 heavy (non-hydrogen) atoms. The maximum absolute atomic E-state index is 13.2. The van der Waals surface area contributed by atoms with Crippen molar-refractivity contribution < 1.29 is 14.4 Å². The fourth-order valence-corrected chi connectivity index (χ4v) is 4.98. The van der Waals surface area contributed by atoms with Crippen LogP contribution in [-0.4, -0.2) is 76.3 Å². The van der Waals surface area contributed by atoms with Gasteiger partial charge in [0.2, 0.25) is 5.91 Å². The normalized spacial score (nSPS) is 31.7. The average Bonchev–Trinajstić information content (AvgIpc) is 3.33. The van der Waals surface area contributed by atoms with E-state index in [1.54, 1.807) is 0 Å². The molecule has 3 aliphatic heterocycles. The van der Waals surface area contributed by atoms with Crippen molar-refractivity contribution in [2.24, 2.45) is 11.8 Å². The predicted octanol–water partition coefficient (Wildman–Crippen LogP) is 1.43. The summed E-state index contributed by atoms with van der Waals surface area (Å²) in [5.74, 6) is 0.928. The summed E-state index contributed by atoms with van der Waals surface area (Å²) >= 11 is 0. The second kappa shape index (κ2) is 6.76. The largest absolute Gasteiger partial charge is 0.342 e. The zero-order chi connectivity index (χ0) is 19.3. The van der Waals surface area contributed by atoms with Crippen molar-refractivity contribution in [3.8, 4) is 0 Å². The first kappa shape index (κ1) is 18.7. The molecule has 150 valence electrons. The predicted molar refractivity (Wildman–Crippen MR) is 101 cm³/mol. The third-order valence-electron chi connectivity index (χ3n) is 7.14. The third kappa shape index (κ3) is 3.24. The van der Waals surface area contributed by atoms with Crippen molar-refractivity contribution in [1.82, 2.24) is 20.0 Å². The van der Waals surface area contributed by atoms with E-state index in [9.17, 15) is 14.4 Å². The first-order valence-electron chi connectivity index (χ1n) is 10.5. The molecule has 1 N–H and O–H groups in total. The van der Waals surface area contributed by atoms with Gasteiger partial charge in [0.05, 0.1) is 0 Å². The highest BCUT2D eigenvalue weighted by molar-refractivity contribution is 6.07. The number of piperidine rings is 2. The zero-order valence-electron chi connectivity index (χ0n) is 16.7. The third-order valence-corrected chi connectivity index (χ3v) is 7.14. The highest BCUT2D eigenvalue weighted by atomic mass is 16.2. The minimum atomic E-state index is -0.709. The van der Waals surface area contributed by atoms with E-state index in [0.717, 1.165) is 19.5 Å². The fourth-order valence-electron chi connectivity index (χ4n) is 4.98. The number of amides is 4. The fraction of sp³-hybridized carbons (Fsp3) is 0.850. The van der Waals surface area contributed by atoms with Crippen LogP contribution in [0.2, 0.25) is 0 Å². The van der Waals surface area contributed by atoms with Crippen LogP contribution in [0.15, 0.2) is 0 Å². The summed E-state index contributed by atoms with van der Waals surface area (Å²) in [5, 5.41) is 3.02. The summed E-state index contributed by atoms with van der Waals surface area (Å²) < 4.78 is 0. The van der Waals surface area contributed by atoms with Gasteiger partial charge in [-0.3, -0.25) is 14.5 Å². The van der Waals surface area contributed by atoms with Gasteiger partial charge in [0, 0.05) is 44.2 Å². The number of hydrogen-bond donors (Lipinski definition) is 1. The van der Waals surface area contributed by atoms with Gasteiger partial charge in [0.1, 0.15) is 5.54 Å². The lowest BCUT2D eigenvalue weighted by molar-refractivity contribution is -0.137. The van der Waals surface area contributed by atoms with Crippen molar-refractivity contribution in [2.75, 3.05) is 26.2 Å². The minimum absolute atomic E-state index is 0.0449. The lowest BCUT2D eigenvalue weighted by Gasteiger charge is -2.40. The average molecular weight is 377 g/mol. The number of nitrogens with one attached hydrogen (secondary N) is 1. The van der Waals surface area contributed by atoms with Crippen LogP contribution < -0.4 is 5.32 Å². The molecule has 4 rings (SSSR count). The summed E-state index contributed by atoms with van der Waals surface area (Å²) in [6.45, 7) is 9.42. The van der Waals surface area contributed by atoms with Crippen LogP contribution in [0.1, 0.15) is 52.9 Å². The Hall–Kier alpha value is -1.63. The molecule has 7 heteroatoms. The van der Waals surface area contributed by atoms with Gasteiger partial charge < -0.3 is 15.1 Å². The smallest absolute Gasteiger partial charge is 0.325 e. The Labute approximate surface area is 161 Å². The first-order valence-corrected chi connectivity index (χ1v) is 10.5. The Morgan fingerprint density at radius 2 is 1.70 bits per heavy atom. The SMILES string of the molecule is CC1CC1C(=O)N1CCC(N2C(=O)NC3(CCN(C(C)C)CC3)C2=O)CC1. The number of rotatable bonds is 3. The molecule has 2 unspecified atom stereocenters. The van der Waals surface area contributed by atoms with Crippen molar-refractivity contribution in [1.29, 1.82) is 0 Å². The van der Waals surface area contributed by atoms with E-state index < -0.39 is 5.54 Å². The molecule has 4 fully saturated rings. The van der Waals surface area contributed by atoms with Crippen molar-refractivity contribution in [3.05, 3.63) is 0 Å². The number of urea groups is 1. The van der Waals surface area contributed by atoms with Crippen molar-refractivity contribution in [3.63, 3.8) is 0 Å². The highest BCUT2D eigenvalue weighted by Gasteiger charge is 2.54. The van der Waals surface area contributed by atoms with Crippen molar-refractivity contribution >= 4 is 17.8 Å². The summed E-state index contributed by atoms with van der Waals surface area (Å²) in [5.41, 5.74) is -0.709. The Kier molecular flexibility index (Phi) is 4.69. The molecule has 4 aliphatic rings. The maximum Gasteiger partial charge on any atom is 0.325 e. The van der Waals surface area contributed by atoms with Gasteiger partial charge in [0.25, 0.3) is 5.91 Å². The Balaban J connectivity index is 1.37. The summed E-state index contributed by atoms with van der Waals surface area (Å²) in [6.07, 6.45) is 3.76. The topological polar surface area (TPSA) is 73.0 Å². The number of hydrogen-bond acceptors (Lipinski definition) is 4. The maximum atomic E-state index is 13.2. The molecular formula is C20H32N4O3. The van der Waals surface area contributed by atoms with E-state index in [1.807, 2.05) is 4.90 Å². The molecule has 3 saturated heterocycles. The standard InChI is InChI=1S/C20H32N4O3/c1-13(2)22-10-6-20(7-11-22)18(26)24(19(27)21-20)15-4-8-23(9-5-15)17(25)16-12-14(16)3/h13-16H,4-12H2,1-3H3,(H,21,27). The first-order chi connectivity index (χ1) is 12.8. The quantitative estimate of drug-likeness (QED) is 0.757. The summed E-state index contributed by atoms with van der Waals surface area (Å²) in [6, 6.07) is 0.140. The Morgan fingerprint density at radius 1 is 1.11 bits per heavy atom. The minimum Gasteiger partial charge on any atom is -0.342 e. The van der Waals surface area contributed by atoms with Gasteiger partial charge in [-0.1, -0.05) is 6.92 Å². The summed E-state index contributed by atoms with van der Waals surface area (Å²) in [7, 11) is 0. The number of likely N-dealkylation sites (tertiary alicyclic amines) is 2. The molecule has 3 heterocycles. The van der Waals surface area contributed by atoms with Gasteiger partial charge in [-0.15, -0.1) is 0 Å². The van der Waals surface area contributed by atoms with Gasteiger partial charge in [-0.05, 0) is 51.9 Å². The van der Waals surface area contributed by atoms with Crippen LogP contribution in [-0.2, 0) is 9.59 Å². The molecule has 0 radical (unpaired) electrons. The van der Waals surface area contributed by atoms with Crippen LogP contribution in [0.5, 0.6) is 0 Å². The van der Waals surface area contributed by atoms with Gasteiger partial charge >= 0.3 is 6.03 Å². The van der Waals surface area contributed by atoms with E-state index in [0.29, 0.717) is 50.7 Å². The number of nitrogens with zero attached hydrogens (tertiary/aromatic N) is 3. The molecule has 2 atom stereocenters. The van der Waals surface area contributed by atoms with Crippen molar-refractivity contribution in [2.45, 2.75) is 70.5 Å². The van der Waals surface area contributed by atoms with Gasteiger partial charge in [-0.25, -0.2) is 4.79 Å². The zero-order valence-corrected chi connectivity index (χ0v) is 16.7. The second-order valence-corrected chi connectivity index (χ2v) is 9.19. The molecule has 0 aromatic carbocycles. The van der Waals surface area contributed by atoms with E-state index in [1.165, 1.54) is 4.90 Å². The highest BCUT2D eigenvalue weighted by Crippen LogP contribution is 2.40. The van der Waals surface area contributed by atoms with E-state index >= 15 is 0 Å². The lowest BCUT2D eigenvalue weighted by Crippen LogP contribution is -2.56. The van der Waals surface area contributed by atoms with Crippen LogP contribution in [0.4, 0.5) is 4.79 Å². The molecule has 4 amide bonds. The van der Waals surface area contributed by atoms with E-state index in [-0.39, 0.29) is 29.8 Å². The molecule has 0 aromatic heterocycles. The molecule has 1 saturated carbocycles. The molecule has 7 nitrogen and oxygen atoms in total. The van der Waals surface area contributed by atoms with Crippen LogP contribution in [0.25, 0.3) is 0 Å². The van der Waals surface area contributed by atoms with Crippen LogP contribution >= 0.6 is 0 Å². The lowest BCUT2D eigenvalue weighted by atomic mass is 9.86. The number of carbonyl (C=O) groups is 3. The molecule has 1 aliphatic carbocycles. The monoisotopic (exact) mass is 376 g/mol. The van der Waals surface area contributed by atoms with Gasteiger partial charge in [-0.2, -0.15) is 0 Å². The molecule has 0 bridgehead atoms. The Bertz CT molecular complexity index is 633.